The van der Waals surface area contributed by atoms with Crippen molar-refractivity contribution in [1.29, 1.82) is 0 Å². The van der Waals surface area contributed by atoms with Gasteiger partial charge >= 0.3 is 6.18 Å². The number of nitrogens with two attached hydrogens (primary N) is 1. The van der Waals surface area contributed by atoms with Crippen LogP contribution in [0.15, 0.2) is 78.3 Å². The summed E-state index contributed by atoms with van der Waals surface area (Å²) in [6.07, 6.45) is -3.54. The highest BCUT2D eigenvalue weighted by atomic mass is 19.4. The number of para-hydroxylation sites is 2. The van der Waals surface area contributed by atoms with Gasteiger partial charge < -0.3 is 26.0 Å². The zero-order chi connectivity index (χ0) is 27.1. The summed E-state index contributed by atoms with van der Waals surface area (Å²) >= 11 is 0. The van der Waals surface area contributed by atoms with E-state index in [1.807, 2.05) is 41.3 Å². The summed E-state index contributed by atoms with van der Waals surface area (Å²) in [6.45, 7) is 8.58. The number of aliphatic imine (C=N–C) groups is 1. The molecule has 0 radical (unpaired) electrons. The molecule has 1 aliphatic rings. The summed E-state index contributed by atoms with van der Waals surface area (Å²) in [5.74, 6) is 0.330. The fraction of sp³-hybridized carbons (Fsp3) is 0.276. The molecule has 0 bridgehead atoms. The summed E-state index contributed by atoms with van der Waals surface area (Å²) in [4.78, 5) is 6.63. The van der Waals surface area contributed by atoms with Crippen molar-refractivity contribution in [3.05, 3.63) is 95.6 Å². The number of hydrogen-bond acceptors (Lipinski definition) is 5. The third-order valence-electron chi connectivity index (χ3n) is 6.25. The van der Waals surface area contributed by atoms with E-state index in [4.69, 9.17) is 10.5 Å². The summed E-state index contributed by atoms with van der Waals surface area (Å²) in [6, 6.07) is 18.7. The van der Waals surface area contributed by atoms with Gasteiger partial charge in [-0.05, 0) is 36.2 Å². The summed E-state index contributed by atoms with van der Waals surface area (Å²) in [5.41, 5.74) is 10.0. The Balaban J connectivity index is 1.73. The minimum Gasteiger partial charge on any atom is -0.396 e. The lowest BCUT2D eigenvalue weighted by Crippen LogP contribution is -2.26. The summed E-state index contributed by atoms with van der Waals surface area (Å²) in [5, 5.41) is 6.64. The van der Waals surface area contributed by atoms with Gasteiger partial charge in [0.05, 0.1) is 30.1 Å². The second-order valence-electron chi connectivity index (χ2n) is 8.93. The predicted molar refractivity (Wildman–Crippen MR) is 148 cm³/mol. The fourth-order valence-electron chi connectivity index (χ4n) is 4.30. The molecule has 1 fully saturated rings. The van der Waals surface area contributed by atoms with Gasteiger partial charge in [0.25, 0.3) is 0 Å². The molecule has 6 nitrogen and oxygen atoms in total. The molecule has 0 atom stereocenters. The van der Waals surface area contributed by atoms with Gasteiger partial charge in [-0.15, -0.1) is 0 Å². The van der Waals surface area contributed by atoms with Gasteiger partial charge in [0.15, 0.2) is 0 Å². The van der Waals surface area contributed by atoms with E-state index < -0.39 is 11.7 Å². The smallest absolute Gasteiger partial charge is 0.396 e. The molecule has 0 saturated carbocycles. The molecule has 3 aromatic rings. The van der Waals surface area contributed by atoms with E-state index in [2.05, 4.69) is 29.1 Å². The van der Waals surface area contributed by atoms with Crippen LogP contribution in [0.2, 0.25) is 0 Å². The monoisotopic (exact) mass is 523 g/mol. The Kier molecular flexibility index (Phi) is 8.58. The van der Waals surface area contributed by atoms with Crippen LogP contribution in [0.3, 0.4) is 0 Å². The quantitative estimate of drug-likeness (QED) is 0.179. The molecule has 0 aliphatic carbocycles. The van der Waals surface area contributed by atoms with Crippen LogP contribution < -0.4 is 21.3 Å². The number of alkyl halides is 3. The van der Waals surface area contributed by atoms with Gasteiger partial charge in [-0.1, -0.05) is 56.0 Å². The molecular formula is C29H32F3N5O. The first kappa shape index (κ1) is 27.1. The highest BCUT2D eigenvalue weighted by Crippen LogP contribution is 2.33. The van der Waals surface area contributed by atoms with Crippen molar-refractivity contribution in [3.63, 3.8) is 0 Å². The zero-order valence-corrected chi connectivity index (χ0v) is 21.3. The van der Waals surface area contributed by atoms with Gasteiger partial charge in [-0.3, -0.25) is 4.99 Å². The third-order valence-corrected chi connectivity index (χ3v) is 6.25. The van der Waals surface area contributed by atoms with Crippen molar-refractivity contribution in [1.82, 2.24) is 5.32 Å². The van der Waals surface area contributed by atoms with Crippen LogP contribution in [0, 0.1) is 0 Å². The number of anilines is 3. The normalized spacial score (nSPS) is 14.0. The maximum absolute atomic E-state index is 13.6. The Hall–Kier alpha value is -3.98. The van der Waals surface area contributed by atoms with Crippen molar-refractivity contribution in [2.75, 3.05) is 42.4 Å². The average molecular weight is 524 g/mol. The first-order valence-corrected chi connectivity index (χ1v) is 12.5. The van der Waals surface area contributed by atoms with Crippen LogP contribution in [-0.2, 0) is 17.5 Å². The largest absolute Gasteiger partial charge is 0.416 e. The SMILES string of the molecule is C=C(NC(=NCc1ccccc1C(F)(F)F)c1cccc(N2CCOC2)c1N)c1ccccc1NCCC. The number of ether oxygens (including phenoxy) is 1. The molecule has 200 valence electrons. The van der Waals surface area contributed by atoms with Gasteiger partial charge in [0, 0.05) is 35.6 Å². The number of rotatable bonds is 9. The molecule has 3 aromatic carbocycles. The van der Waals surface area contributed by atoms with Gasteiger partial charge in [-0.25, -0.2) is 0 Å². The van der Waals surface area contributed by atoms with Crippen molar-refractivity contribution in [2.24, 2.45) is 4.99 Å². The van der Waals surface area contributed by atoms with Crippen LogP contribution in [0.4, 0.5) is 30.2 Å². The van der Waals surface area contributed by atoms with Crippen LogP contribution >= 0.6 is 0 Å². The zero-order valence-electron chi connectivity index (χ0n) is 21.3. The van der Waals surface area contributed by atoms with Crippen LogP contribution in [0.5, 0.6) is 0 Å². The Morgan fingerprint density at radius 1 is 1.05 bits per heavy atom. The maximum Gasteiger partial charge on any atom is 0.416 e. The van der Waals surface area contributed by atoms with Gasteiger partial charge in [0.2, 0.25) is 0 Å². The van der Waals surface area contributed by atoms with E-state index in [0.717, 1.165) is 36.0 Å². The van der Waals surface area contributed by atoms with Crippen molar-refractivity contribution in [3.8, 4) is 0 Å². The molecule has 0 amide bonds. The lowest BCUT2D eigenvalue weighted by molar-refractivity contribution is -0.138. The predicted octanol–water partition coefficient (Wildman–Crippen LogP) is 6.11. The third kappa shape index (κ3) is 6.28. The Bertz CT molecular complexity index is 1300. The first-order chi connectivity index (χ1) is 18.3. The Morgan fingerprint density at radius 2 is 1.79 bits per heavy atom. The van der Waals surface area contributed by atoms with Crippen LogP contribution in [0.1, 0.15) is 35.6 Å². The second-order valence-corrected chi connectivity index (χ2v) is 8.93. The molecule has 38 heavy (non-hydrogen) atoms. The lowest BCUT2D eigenvalue weighted by atomic mass is 10.1. The molecular weight excluding hydrogens is 491 g/mol. The number of hydrogen-bond donors (Lipinski definition) is 3. The molecule has 1 saturated heterocycles. The molecule has 0 spiro atoms. The molecule has 9 heteroatoms. The number of halogens is 3. The molecule has 1 aliphatic heterocycles. The second kappa shape index (κ2) is 12.0. The lowest BCUT2D eigenvalue weighted by Gasteiger charge is -2.22. The van der Waals surface area contributed by atoms with E-state index in [9.17, 15) is 13.2 Å². The Labute approximate surface area is 221 Å². The van der Waals surface area contributed by atoms with E-state index in [0.29, 0.717) is 42.7 Å². The highest BCUT2D eigenvalue weighted by molar-refractivity contribution is 6.09. The minimum atomic E-state index is -4.48. The van der Waals surface area contributed by atoms with E-state index in [-0.39, 0.29) is 12.1 Å². The topological polar surface area (TPSA) is 74.9 Å². The highest BCUT2D eigenvalue weighted by Gasteiger charge is 2.32. The summed E-state index contributed by atoms with van der Waals surface area (Å²) in [7, 11) is 0. The van der Waals surface area contributed by atoms with Crippen LogP contribution in [-0.4, -0.2) is 32.3 Å². The fourth-order valence-corrected chi connectivity index (χ4v) is 4.30. The van der Waals surface area contributed by atoms with Crippen LogP contribution in [0.25, 0.3) is 5.70 Å². The number of benzene rings is 3. The van der Waals surface area contributed by atoms with Gasteiger partial charge in [0.1, 0.15) is 12.6 Å². The minimum absolute atomic E-state index is 0.0672. The van der Waals surface area contributed by atoms with E-state index in [1.165, 1.54) is 12.1 Å². The maximum atomic E-state index is 13.6. The van der Waals surface area contributed by atoms with E-state index >= 15 is 0 Å². The molecule has 0 aromatic heterocycles. The molecule has 4 rings (SSSR count). The molecule has 4 N–H and O–H groups in total. The first-order valence-electron chi connectivity index (χ1n) is 12.5. The van der Waals surface area contributed by atoms with Crippen molar-refractivity contribution in [2.45, 2.75) is 26.1 Å². The van der Waals surface area contributed by atoms with Crippen molar-refractivity contribution >= 4 is 28.6 Å². The average Bonchev–Trinajstić information content (AvgIpc) is 3.44. The number of amidine groups is 1. The molecule has 1 heterocycles. The number of nitrogen functional groups attached to an aromatic ring is 1. The van der Waals surface area contributed by atoms with E-state index in [1.54, 1.807) is 12.1 Å². The number of nitrogens with one attached hydrogen (secondary N) is 2. The standard InChI is InChI=1S/C29H32F3N5O/c1-3-15-34-25-13-7-5-10-22(25)20(2)36-28(35-18-21-9-4-6-12-24(21)29(30,31)32)23-11-8-14-26(27(23)33)37-16-17-38-19-37/h4-14,34H,2-3,15-19,33H2,1H3,(H,35,36). The van der Waals surface area contributed by atoms with Gasteiger partial charge in [-0.2, -0.15) is 13.2 Å². The summed E-state index contributed by atoms with van der Waals surface area (Å²) < 4.78 is 46.4. The Morgan fingerprint density at radius 3 is 2.53 bits per heavy atom. The number of nitrogens with zero attached hydrogens (tertiary/aromatic N) is 2. The molecule has 0 unspecified atom stereocenters. The van der Waals surface area contributed by atoms with Crippen molar-refractivity contribution < 1.29 is 17.9 Å².